The van der Waals surface area contributed by atoms with Crippen molar-refractivity contribution in [2.45, 2.75) is 20.3 Å². The SMILES string of the molecule is CC(=O)Oc1cc(Cc2ccccc2)c(OC(C)=O)c2ccccc12. The average molecular weight is 334 g/mol. The molecule has 0 unspecified atom stereocenters. The Labute approximate surface area is 146 Å². The van der Waals surface area contributed by atoms with Crippen LogP contribution in [0.25, 0.3) is 10.8 Å². The molecule has 0 amide bonds. The van der Waals surface area contributed by atoms with Gasteiger partial charge in [0, 0.05) is 36.6 Å². The Kier molecular flexibility index (Phi) is 4.80. The molecule has 0 fully saturated rings. The topological polar surface area (TPSA) is 52.6 Å². The maximum absolute atomic E-state index is 11.6. The fraction of sp³-hybridized carbons (Fsp3) is 0.143. The molecule has 0 bridgehead atoms. The van der Waals surface area contributed by atoms with Gasteiger partial charge in [0.2, 0.25) is 0 Å². The number of hydrogen-bond donors (Lipinski definition) is 0. The van der Waals surface area contributed by atoms with Gasteiger partial charge in [-0.15, -0.1) is 0 Å². The number of fused-ring (bicyclic) bond motifs is 1. The lowest BCUT2D eigenvalue weighted by molar-refractivity contribution is -0.133. The Balaban J connectivity index is 2.21. The van der Waals surface area contributed by atoms with Crippen molar-refractivity contribution >= 4 is 22.7 Å². The molecule has 0 atom stereocenters. The number of rotatable bonds is 4. The highest BCUT2D eigenvalue weighted by molar-refractivity contribution is 5.97. The molecule has 0 heterocycles. The molecule has 0 aliphatic heterocycles. The molecule has 0 aliphatic carbocycles. The van der Waals surface area contributed by atoms with Crippen LogP contribution in [0.2, 0.25) is 0 Å². The second-order valence-electron chi connectivity index (χ2n) is 5.76. The van der Waals surface area contributed by atoms with Gasteiger partial charge in [0.25, 0.3) is 0 Å². The average Bonchev–Trinajstić information content (AvgIpc) is 2.58. The molecule has 0 saturated heterocycles. The molecule has 3 aromatic rings. The molecule has 0 aromatic heterocycles. The summed E-state index contributed by atoms with van der Waals surface area (Å²) >= 11 is 0. The van der Waals surface area contributed by atoms with Crippen molar-refractivity contribution in [2.75, 3.05) is 0 Å². The predicted molar refractivity (Wildman–Crippen MR) is 95.8 cm³/mol. The summed E-state index contributed by atoms with van der Waals surface area (Å²) in [6.45, 7) is 2.74. The van der Waals surface area contributed by atoms with Crippen LogP contribution >= 0.6 is 0 Å². The van der Waals surface area contributed by atoms with Crippen molar-refractivity contribution in [3.05, 3.63) is 71.8 Å². The van der Waals surface area contributed by atoms with Crippen LogP contribution in [-0.4, -0.2) is 11.9 Å². The van der Waals surface area contributed by atoms with Crippen LogP contribution < -0.4 is 9.47 Å². The molecule has 126 valence electrons. The van der Waals surface area contributed by atoms with Gasteiger partial charge in [-0.1, -0.05) is 54.6 Å². The summed E-state index contributed by atoms with van der Waals surface area (Å²) in [6.07, 6.45) is 0.558. The molecular formula is C21H18O4. The number of ether oxygens (including phenoxy) is 2. The molecule has 0 saturated carbocycles. The van der Waals surface area contributed by atoms with Crippen molar-refractivity contribution in [1.82, 2.24) is 0 Å². The third-order valence-corrected chi connectivity index (χ3v) is 3.77. The number of benzene rings is 3. The van der Waals surface area contributed by atoms with E-state index in [0.717, 1.165) is 21.9 Å². The van der Waals surface area contributed by atoms with E-state index in [1.54, 1.807) is 6.07 Å². The normalized spacial score (nSPS) is 10.5. The molecule has 0 spiro atoms. The fourth-order valence-electron chi connectivity index (χ4n) is 2.82. The van der Waals surface area contributed by atoms with Crippen LogP contribution in [0.4, 0.5) is 0 Å². The molecule has 0 aliphatic rings. The van der Waals surface area contributed by atoms with Crippen LogP contribution in [0, 0.1) is 0 Å². The van der Waals surface area contributed by atoms with Gasteiger partial charge < -0.3 is 9.47 Å². The zero-order valence-corrected chi connectivity index (χ0v) is 14.1. The first-order valence-corrected chi connectivity index (χ1v) is 8.00. The monoisotopic (exact) mass is 334 g/mol. The second-order valence-corrected chi connectivity index (χ2v) is 5.76. The summed E-state index contributed by atoms with van der Waals surface area (Å²) in [5.74, 6) is 0.184. The van der Waals surface area contributed by atoms with Crippen LogP contribution in [0.15, 0.2) is 60.7 Å². The minimum atomic E-state index is -0.393. The molecule has 3 rings (SSSR count). The van der Waals surface area contributed by atoms with Gasteiger partial charge in [-0.05, 0) is 11.6 Å². The largest absolute Gasteiger partial charge is 0.426 e. The summed E-state index contributed by atoms with van der Waals surface area (Å²) in [4.78, 5) is 23.1. The third kappa shape index (κ3) is 3.86. The van der Waals surface area contributed by atoms with Crippen LogP contribution in [0.1, 0.15) is 25.0 Å². The third-order valence-electron chi connectivity index (χ3n) is 3.77. The van der Waals surface area contributed by atoms with E-state index in [1.165, 1.54) is 13.8 Å². The molecule has 4 nitrogen and oxygen atoms in total. The minimum Gasteiger partial charge on any atom is -0.426 e. The van der Waals surface area contributed by atoms with E-state index in [1.807, 2.05) is 54.6 Å². The lowest BCUT2D eigenvalue weighted by atomic mass is 9.98. The summed E-state index contributed by atoms with van der Waals surface area (Å²) in [5.41, 5.74) is 1.86. The van der Waals surface area contributed by atoms with Gasteiger partial charge >= 0.3 is 11.9 Å². The van der Waals surface area contributed by atoms with Crippen LogP contribution in [0.3, 0.4) is 0 Å². The van der Waals surface area contributed by atoms with Crippen molar-refractivity contribution in [3.63, 3.8) is 0 Å². The molecule has 4 heteroatoms. The number of carbonyl (C=O) groups excluding carboxylic acids is 2. The van der Waals surface area contributed by atoms with Gasteiger partial charge in [0.15, 0.2) is 0 Å². The smallest absolute Gasteiger partial charge is 0.308 e. The molecular weight excluding hydrogens is 316 g/mol. The van der Waals surface area contributed by atoms with Crippen molar-refractivity contribution in [1.29, 1.82) is 0 Å². The highest BCUT2D eigenvalue weighted by atomic mass is 16.5. The Hall–Kier alpha value is -3.14. The number of hydrogen-bond acceptors (Lipinski definition) is 4. The number of carbonyl (C=O) groups is 2. The zero-order valence-electron chi connectivity index (χ0n) is 14.1. The molecule has 0 N–H and O–H groups in total. The maximum atomic E-state index is 11.6. The molecule has 3 aromatic carbocycles. The van der Waals surface area contributed by atoms with Crippen molar-refractivity contribution in [2.24, 2.45) is 0 Å². The summed E-state index contributed by atoms with van der Waals surface area (Å²) in [5, 5.41) is 1.47. The summed E-state index contributed by atoms with van der Waals surface area (Å²) in [7, 11) is 0. The van der Waals surface area contributed by atoms with Gasteiger partial charge in [-0.25, -0.2) is 0 Å². The lowest BCUT2D eigenvalue weighted by Crippen LogP contribution is -2.07. The van der Waals surface area contributed by atoms with Gasteiger partial charge in [-0.3, -0.25) is 9.59 Å². The van der Waals surface area contributed by atoms with Crippen LogP contribution in [0.5, 0.6) is 11.5 Å². The van der Waals surface area contributed by atoms with Gasteiger partial charge in [0.05, 0.1) is 0 Å². The van der Waals surface area contributed by atoms with Gasteiger partial charge in [-0.2, -0.15) is 0 Å². The van der Waals surface area contributed by atoms with E-state index in [9.17, 15) is 9.59 Å². The second kappa shape index (κ2) is 7.18. The first-order chi connectivity index (χ1) is 12.0. The maximum Gasteiger partial charge on any atom is 0.308 e. The Morgan fingerprint density at radius 2 is 1.40 bits per heavy atom. The standard InChI is InChI=1S/C21H18O4/c1-14(22)24-20-13-17(12-16-8-4-3-5-9-16)21(25-15(2)23)19-11-7-6-10-18(19)20/h3-11,13H,12H2,1-2H3. The summed E-state index contributed by atoms with van der Waals surface area (Å²) < 4.78 is 10.9. The van der Waals surface area contributed by atoms with Crippen molar-refractivity contribution < 1.29 is 19.1 Å². The first-order valence-electron chi connectivity index (χ1n) is 8.00. The first kappa shape index (κ1) is 16.7. The molecule has 25 heavy (non-hydrogen) atoms. The highest BCUT2D eigenvalue weighted by Gasteiger charge is 2.17. The zero-order chi connectivity index (χ0) is 17.8. The number of esters is 2. The van der Waals surface area contributed by atoms with E-state index >= 15 is 0 Å². The quantitative estimate of drug-likeness (QED) is 0.528. The Bertz CT molecular complexity index is 929. The molecule has 0 radical (unpaired) electrons. The highest BCUT2D eigenvalue weighted by Crippen LogP contribution is 2.38. The Morgan fingerprint density at radius 1 is 0.800 bits per heavy atom. The predicted octanol–water partition coefficient (Wildman–Crippen LogP) is 4.28. The Morgan fingerprint density at radius 3 is 2.04 bits per heavy atom. The van der Waals surface area contributed by atoms with Crippen molar-refractivity contribution in [3.8, 4) is 11.5 Å². The minimum absolute atomic E-state index is 0.389. The van der Waals surface area contributed by atoms with Crippen LogP contribution in [-0.2, 0) is 16.0 Å². The van der Waals surface area contributed by atoms with Gasteiger partial charge in [0.1, 0.15) is 11.5 Å². The van der Waals surface area contributed by atoms with E-state index in [4.69, 9.17) is 9.47 Å². The summed E-state index contributed by atoms with van der Waals surface area (Å²) in [6, 6.07) is 19.0. The van der Waals surface area contributed by atoms with E-state index in [-0.39, 0.29) is 5.97 Å². The van der Waals surface area contributed by atoms with E-state index in [2.05, 4.69) is 0 Å². The van der Waals surface area contributed by atoms with E-state index < -0.39 is 5.97 Å². The fourth-order valence-corrected chi connectivity index (χ4v) is 2.82. The van der Waals surface area contributed by atoms with E-state index in [0.29, 0.717) is 17.9 Å². The lowest BCUT2D eigenvalue weighted by Gasteiger charge is -2.15.